The van der Waals surface area contributed by atoms with E-state index in [9.17, 15) is 9.18 Å². The summed E-state index contributed by atoms with van der Waals surface area (Å²) in [4.78, 5) is 11.1. The Kier molecular flexibility index (Phi) is 3.12. The lowest BCUT2D eigenvalue weighted by Crippen LogP contribution is -2.08. The first-order chi connectivity index (χ1) is 6.06. The lowest BCUT2D eigenvalue weighted by atomic mass is 10.1. The number of rotatable bonds is 2. The minimum absolute atomic E-state index is 0.00986. The van der Waals surface area contributed by atoms with Crippen LogP contribution in [0.1, 0.15) is 10.4 Å². The standard InChI is InChI=1S/C8H6Cl2FNO/c9-3-7(13)8-5(11)1-4(10)2-6(8)12/h1-2H,3,12H2. The zero-order valence-electron chi connectivity index (χ0n) is 6.48. The van der Waals surface area contributed by atoms with E-state index in [4.69, 9.17) is 28.9 Å². The minimum Gasteiger partial charge on any atom is -0.398 e. The van der Waals surface area contributed by atoms with Crippen molar-refractivity contribution in [2.24, 2.45) is 0 Å². The van der Waals surface area contributed by atoms with Crippen molar-refractivity contribution in [3.05, 3.63) is 28.5 Å². The van der Waals surface area contributed by atoms with Gasteiger partial charge in [0.15, 0.2) is 5.78 Å². The molecular formula is C8H6Cl2FNO. The van der Waals surface area contributed by atoms with Crippen molar-refractivity contribution in [3.8, 4) is 0 Å². The molecule has 0 unspecified atom stereocenters. The summed E-state index contributed by atoms with van der Waals surface area (Å²) in [5.74, 6) is -1.59. The summed E-state index contributed by atoms with van der Waals surface area (Å²) in [6, 6.07) is 2.34. The number of carbonyl (C=O) groups is 1. The van der Waals surface area contributed by atoms with Gasteiger partial charge < -0.3 is 5.73 Å². The molecule has 0 heterocycles. The molecule has 0 radical (unpaired) electrons. The van der Waals surface area contributed by atoms with Crippen molar-refractivity contribution in [3.63, 3.8) is 0 Å². The van der Waals surface area contributed by atoms with E-state index >= 15 is 0 Å². The molecule has 0 spiro atoms. The van der Waals surface area contributed by atoms with Crippen LogP contribution in [0.25, 0.3) is 0 Å². The van der Waals surface area contributed by atoms with Crippen LogP contribution < -0.4 is 5.73 Å². The SMILES string of the molecule is Nc1cc(Cl)cc(F)c1C(=O)CCl. The van der Waals surface area contributed by atoms with Crippen LogP contribution in [0.2, 0.25) is 5.02 Å². The summed E-state index contributed by atoms with van der Waals surface area (Å²) in [6.07, 6.45) is 0. The number of halogens is 3. The molecule has 2 N–H and O–H groups in total. The van der Waals surface area contributed by atoms with Crippen LogP contribution in [0.15, 0.2) is 12.1 Å². The summed E-state index contributed by atoms with van der Waals surface area (Å²) in [5, 5.41) is 0.154. The quantitative estimate of drug-likeness (QED) is 0.474. The minimum atomic E-state index is -0.740. The maximum absolute atomic E-state index is 13.1. The summed E-state index contributed by atoms with van der Waals surface area (Å²) in [7, 11) is 0. The monoisotopic (exact) mass is 221 g/mol. The highest BCUT2D eigenvalue weighted by atomic mass is 35.5. The van der Waals surface area contributed by atoms with E-state index < -0.39 is 11.6 Å². The Morgan fingerprint density at radius 2 is 2.15 bits per heavy atom. The number of hydrogen-bond donors (Lipinski definition) is 1. The predicted octanol–water partition coefficient (Wildman–Crippen LogP) is 2.48. The number of alkyl halides is 1. The van der Waals surface area contributed by atoms with Gasteiger partial charge in [0.25, 0.3) is 0 Å². The van der Waals surface area contributed by atoms with E-state index in [2.05, 4.69) is 0 Å². The number of nitrogen functional groups attached to an aromatic ring is 1. The van der Waals surface area contributed by atoms with Crippen molar-refractivity contribution in [1.29, 1.82) is 0 Å². The fourth-order valence-electron chi connectivity index (χ4n) is 0.954. The largest absolute Gasteiger partial charge is 0.398 e. The Hall–Kier alpha value is -0.800. The van der Waals surface area contributed by atoms with Gasteiger partial charge >= 0.3 is 0 Å². The molecule has 70 valence electrons. The van der Waals surface area contributed by atoms with Gasteiger partial charge in [0.05, 0.1) is 11.4 Å². The molecular weight excluding hydrogens is 216 g/mol. The zero-order valence-corrected chi connectivity index (χ0v) is 7.99. The van der Waals surface area contributed by atoms with E-state index in [1.807, 2.05) is 0 Å². The van der Waals surface area contributed by atoms with Gasteiger partial charge in [-0.15, -0.1) is 11.6 Å². The third-order valence-corrected chi connectivity index (χ3v) is 1.95. The van der Waals surface area contributed by atoms with Gasteiger partial charge in [-0.2, -0.15) is 0 Å². The summed E-state index contributed by atoms with van der Waals surface area (Å²) in [6.45, 7) is 0. The lowest BCUT2D eigenvalue weighted by molar-refractivity contribution is 0.101. The van der Waals surface area contributed by atoms with E-state index in [0.29, 0.717) is 0 Å². The molecule has 13 heavy (non-hydrogen) atoms. The Labute approximate surface area is 84.4 Å². The van der Waals surface area contributed by atoms with Gasteiger partial charge in [0.2, 0.25) is 0 Å². The Morgan fingerprint density at radius 1 is 1.54 bits per heavy atom. The molecule has 0 saturated carbocycles. The predicted molar refractivity (Wildman–Crippen MR) is 50.9 cm³/mol. The number of Topliss-reactive ketones (excluding diaryl/α,β-unsaturated/α-hetero) is 1. The van der Waals surface area contributed by atoms with Gasteiger partial charge in [0.1, 0.15) is 5.82 Å². The Balaban J connectivity index is 3.28. The molecule has 1 aromatic rings. The van der Waals surface area contributed by atoms with Crippen LogP contribution in [0.4, 0.5) is 10.1 Å². The van der Waals surface area contributed by atoms with Gasteiger partial charge in [-0.1, -0.05) is 11.6 Å². The van der Waals surface area contributed by atoms with E-state index in [1.165, 1.54) is 6.07 Å². The van der Waals surface area contributed by atoms with Gasteiger partial charge in [-0.25, -0.2) is 4.39 Å². The molecule has 0 saturated heterocycles. The van der Waals surface area contributed by atoms with Crippen molar-refractivity contribution < 1.29 is 9.18 Å². The summed E-state index contributed by atoms with van der Waals surface area (Å²) in [5.41, 5.74) is 5.21. The molecule has 0 aliphatic heterocycles. The van der Waals surface area contributed by atoms with E-state index in [0.717, 1.165) is 6.07 Å². The number of benzene rings is 1. The second-order valence-electron chi connectivity index (χ2n) is 2.41. The van der Waals surface area contributed by atoms with Crippen molar-refractivity contribution in [2.45, 2.75) is 0 Å². The molecule has 1 aromatic carbocycles. The normalized spacial score (nSPS) is 10.1. The Morgan fingerprint density at radius 3 is 2.62 bits per heavy atom. The fraction of sp³-hybridized carbons (Fsp3) is 0.125. The molecule has 0 aromatic heterocycles. The third kappa shape index (κ3) is 2.11. The molecule has 0 aliphatic carbocycles. The van der Waals surface area contributed by atoms with Gasteiger partial charge in [0, 0.05) is 10.7 Å². The number of carbonyl (C=O) groups excluding carboxylic acids is 1. The van der Waals surface area contributed by atoms with Crippen molar-refractivity contribution in [1.82, 2.24) is 0 Å². The highest BCUT2D eigenvalue weighted by Gasteiger charge is 2.15. The topological polar surface area (TPSA) is 43.1 Å². The van der Waals surface area contributed by atoms with Crippen LogP contribution in [-0.4, -0.2) is 11.7 Å². The second kappa shape index (κ2) is 3.94. The van der Waals surface area contributed by atoms with Crippen LogP contribution in [0.3, 0.4) is 0 Å². The number of ketones is 1. The molecule has 0 amide bonds. The smallest absolute Gasteiger partial charge is 0.182 e. The maximum Gasteiger partial charge on any atom is 0.182 e. The average Bonchev–Trinajstić information content (AvgIpc) is 2.02. The molecule has 2 nitrogen and oxygen atoms in total. The second-order valence-corrected chi connectivity index (χ2v) is 3.11. The molecule has 0 aliphatic rings. The summed E-state index contributed by atoms with van der Waals surface area (Å²) < 4.78 is 13.1. The first-order valence-corrected chi connectivity index (χ1v) is 4.31. The van der Waals surface area contributed by atoms with Crippen molar-refractivity contribution >= 4 is 34.7 Å². The third-order valence-electron chi connectivity index (χ3n) is 1.49. The van der Waals surface area contributed by atoms with Gasteiger partial charge in [-0.3, -0.25) is 4.79 Å². The number of nitrogens with two attached hydrogens (primary N) is 1. The zero-order chi connectivity index (χ0) is 10.0. The average molecular weight is 222 g/mol. The summed E-state index contributed by atoms with van der Waals surface area (Å²) >= 11 is 10.8. The maximum atomic E-state index is 13.1. The fourth-order valence-corrected chi connectivity index (χ4v) is 1.30. The van der Waals surface area contributed by atoms with E-state index in [1.54, 1.807) is 0 Å². The molecule has 0 atom stereocenters. The molecule has 5 heteroatoms. The van der Waals surface area contributed by atoms with Gasteiger partial charge in [-0.05, 0) is 12.1 Å². The molecule has 0 bridgehead atoms. The number of hydrogen-bond acceptors (Lipinski definition) is 2. The van der Waals surface area contributed by atoms with Crippen LogP contribution in [-0.2, 0) is 0 Å². The van der Waals surface area contributed by atoms with Crippen LogP contribution >= 0.6 is 23.2 Å². The number of anilines is 1. The molecule has 0 fully saturated rings. The van der Waals surface area contributed by atoms with E-state index in [-0.39, 0.29) is 22.2 Å². The molecule has 1 rings (SSSR count). The lowest BCUT2D eigenvalue weighted by Gasteiger charge is -2.04. The first-order valence-electron chi connectivity index (χ1n) is 3.40. The highest BCUT2D eigenvalue weighted by Crippen LogP contribution is 2.22. The van der Waals surface area contributed by atoms with Crippen LogP contribution in [0, 0.1) is 5.82 Å². The Bertz CT molecular complexity index is 331. The van der Waals surface area contributed by atoms with Crippen molar-refractivity contribution in [2.75, 3.05) is 11.6 Å². The first kappa shape index (κ1) is 10.3. The van der Waals surface area contributed by atoms with Crippen LogP contribution in [0.5, 0.6) is 0 Å². The highest BCUT2D eigenvalue weighted by molar-refractivity contribution is 6.32.